The number of rotatable bonds is 4. The van der Waals surface area contributed by atoms with E-state index in [4.69, 9.17) is 9.15 Å². The fourth-order valence-electron chi connectivity index (χ4n) is 2.33. The van der Waals surface area contributed by atoms with E-state index in [2.05, 4.69) is 37.5 Å². The molecule has 0 radical (unpaired) electrons. The van der Waals surface area contributed by atoms with Crippen molar-refractivity contribution in [2.75, 3.05) is 7.11 Å². The normalized spacial score (nSPS) is 11.3. The van der Waals surface area contributed by atoms with Gasteiger partial charge in [-0.05, 0) is 61.7 Å². The van der Waals surface area contributed by atoms with Crippen LogP contribution in [0.25, 0.3) is 0 Å². The molecule has 0 unspecified atom stereocenters. The Bertz CT molecular complexity index is 638. The molecule has 0 atom stereocenters. The van der Waals surface area contributed by atoms with E-state index < -0.39 is 5.41 Å². The summed E-state index contributed by atoms with van der Waals surface area (Å²) in [6.45, 7) is 7.89. The van der Waals surface area contributed by atoms with Crippen LogP contribution in [0.1, 0.15) is 39.9 Å². The molecule has 0 saturated heterocycles. The lowest BCUT2D eigenvalue weighted by Gasteiger charge is -2.30. The van der Waals surface area contributed by atoms with Crippen LogP contribution >= 0.6 is 0 Å². The Morgan fingerprint density at radius 1 is 1.32 bits per heavy atom. The minimum Gasteiger partial charge on any atom is -0.469 e. The molecule has 0 fully saturated rings. The Morgan fingerprint density at radius 2 is 2.05 bits per heavy atom. The monoisotopic (exact) mass is 298 g/mol. The fraction of sp³-hybridized carbons (Fsp3) is 0.421. The second-order valence-electron chi connectivity index (χ2n) is 6.37. The number of furan rings is 1. The number of carbonyl (C=O) groups is 1. The highest BCUT2D eigenvalue weighted by molar-refractivity contribution is 5.75. The van der Waals surface area contributed by atoms with Crippen molar-refractivity contribution < 1.29 is 13.9 Å². The van der Waals surface area contributed by atoms with Crippen LogP contribution in [-0.2, 0) is 9.53 Å². The summed E-state index contributed by atoms with van der Waals surface area (Å²) in [6, 6.07) is 3.56. The SMILES string of the molecule is COC(=O)C(C)(C)CC(C)(C)C=CC#CC#Cc1ccco1. The lowest BCUT2D eigenvalue weighted by molar-refractivity contribution is -0.152. The molecule has 116 valence electrons. The molecule has 1 heterocycles. The Morgan fingerprint density at radius 3 is 2.64 bits per heavy atom. The average Bonchev–Trinajstić information content (AvgIpc) is 2.93. The Hall–Kier alpha value is -2.39. The fourth-order valence-corrected chi connectivity index (χ4v) is 2.33. The van der Waals surface area contributed by atoms with Gasteiger partial charge in [-0.3, -0.25) is 4.79 Å². The molecule has 0 saturated carbocycles. The van der Waals surface area contributed by atoms with E-state index in [-0.39, 0.29) is 11.4 Å². The van der Waals surface area contributed by atoms with Crippen molar-refractivity contribution in [2.24, 2.45) is 10.8 Å². The summed E-state index contributed by atoms with van der Waals surface area (Å²) in [5.74, 6) is 11.5. The number of hydrogen-bond donors (Lipinski definition) is 0. The molecule has 0 N–H and O–H groups in total. The molecule has 1 rings (SSSR count). The largest absolute Gasteiger partial charge is 0.469 e. The molecular formula is C19H22O3. The molecule has 1 aromatic rings. The van der Waals surface area contributed by atoms with E-state index >= 15 is 0 Å². The second kappa shape index (κ2) is 7.57. The number of allylic oxidation sites excluding steroid dienone is 2. The van der Waals surface area contributed by atoms with E-state index in [0.29, 0.717) is 12.2 Å². The van der Waals surface area contributed by atoms with Crippen LogP contribution in [0.2, 0.25) is 0 Å². The van der Waals surface area contributed by atoms with Gasteiger partial charge >= 0.3 is 5.97 Å². The zero-order valence-electron chi connectivity index (χ0n) is 13.8. The van der Waals surface area contributed by atoms with Crippen molar-refractivity contribution >= 4 is 5.97 Å². The van der Waals surface area contributed by atoms with Crippen LogP contribution in [0.4, 0.5) is 0 Å². The van der Waals surface area contributed by atoms with Gasteiger partial charge in [-0.2, -0.15) is 0 Å². The number of hydrogen-bond acceptors (Lipinski definition) is 3. The molecule has 0 aliphatic rings. The Balaban J connectivity index is 2.63. The summed E-state index contributed by atoms with van der Waals surface area (Å²) in [7, 11) is 1.41. The molecular weight excluding hydrogens is 276 g/mol. The van der Waals surface area contributed by atoms with Crippen molar-refractivity contribution in [1.29, 1.82) is 0 Å². The van der Waals surface area contributed by atoms with Gasteiger partial charge in [-0.15, -0.1) is 0 Å². The lowest BCUT2D eigenvalue weighted by atomic mass is 9.75. The van der Waals surface area contributed by atoms with Crippen molar-refractivity contribution in [3.63, 3.8) is 0 Å². The maximum atomic E-state index is 11.7. The summed E-state index contributed by atoms with van der Waals surface area (Å²) in [4.78, 5) is 11.7. The van der Waals surface area contributed by atoms with Crippen LogP contribution in [0.5, 0.6) is 0 Å². The Kier molecular flexibility index (Phi) is 6.08. The molecule has 0 spiro atoms. The third-order valence-electron chi connectivity index (χ3n) is 3.09. The first-order valence-electron chi connectivity index (χ1n) is 7.08. The minimum absolute atomic E-state index is 0.166. The van der Waals surface area contributed by atoms with Gasteiger partial charge in [0.05, 0.1) is 18.8 Å². The molecule has 3 heteroatoms. The van der Waals surface area contributed by atoms with Crippen molar-refractivity contribution in [2.45, 2.75) is 34.1 Å². The van der Waals surface area contributed by atoms with E-state index in [0.717, 1.165) is 0 Å². The molecule has 22 heavy (non-hydrogen) atoms. The number of carbonyl (C=O) groups excluding carboxylic acids is 1. The van der Waals surface area contributed by atoms with E-state index in [1.807, 2.05) is 19.9 Å². The van der Waals surface area contributed by atoms with Gasteiger partial charge in [0.1, 0.15) is 0 Å². The van der Waals surface area contributed by atoms with Gasteiger partial charge in [-0.25, -0.2) is 0 Å². The van der Waals surface area contributed by atoms with Crippen molar-refractivity contribution in [3.8, 4) is 23.7 Å². The van der Waals surface area contributed by atoms with Gasteiger partial charge in [0, 0.05) is 0 Å². The molecule has 3 nitrogen and oxygen atoms in total. The highest BCUT2D eigenvalue weighted by Gasteiger charge is 2.34. The molecule has 0 aliphatic heterocycles. The van der Waals surface area contributed by atoms with Crippen LogP contribution in [0, 0.1) is 34.5 Å². The summed E-state index contributed by atoms with van der Waals surface area (Å²) in [6.07, 6.45) is 6.00. The number of esters is 1. The first-order valence-corrected chi connectivity index (χ1v) is 7.08. The van der Waals surface area contributed by atoms with E-state index in [1.54, 1.807) is 24.5 Å². The van der Waals surface area contributed by atoms with Crippen LogP contribution in [0.3, 0.4) is 0 Å². The molecule has 0 aromatic carbocycles. The highest BCUT2D eigenvalue weighted by atomic mass is 16.5. The van der Waals surface area contributed by atoms with Crippen molar-refractivity contribution in [1.82, 2.24) is 0 Å². The first kappa shape index (κ1) is 17.7. The summed E-state index contributed by atoms with van der Waals surface area (Å²) in [5.41, 5.74) is -0.698. The van der Waals surface area contributed by atoms with Gasteiger partial charge < -0.3 is 9.15 Å². The van der Waals surface area contributed by atoms with Gasteiger partial charge in [0.2, 0.25) is 0 Å². The predicted octanol–water partition coefficient (Wildman–Crippen LogP) is 3.81. The van der Waals surface area contributed by atoms with Crippen molar-refractivity contribution in [3.05, 3.63) is 36.3 Å². The van der Waals surface area contributed by atoms with E-state index in [1.165, 1.54) is 7.11 Å². The maximum absolute atomic E-state index is 11.7. The standard InChI is InChI=1S/C19H22O3/c1-18(2,15-19(3,4)17(20)21-5)13-9-7-6-8-11-16-12-10-14-22-16/h9-10,12-14H,15H2,1-5H3. The summed E-state index contributed by atoms with van der Waals surface area (Å²) in [5, 5.41) is 0. The highest BCUT2D eigenvalue weighted by Crippen LogP contribution is 2.35. The zero-order valence-corrected chi connectivity index (χ0v) is 13.8. The Labute approximate surface area is 132 Å². The van der Waals surface area contributed by atoms with E-state index in [9.17, 15) is 4.79 Å². The summed E-state index contributed by atoms with van der Waals surface area (Å²) < 4.78 is 9.91. The van der Waals surface area contributed by atoms with Crippen LogP contribution in [0.15, 0.2) is 35.0 Å². The van der Waals surface area contributed by atoms with Crippen LogP contribution in [-0.4, -0.2) is 13.1 Å². The van der Waals surface area contributed by atoms with Crippen LogP contribution < -0.4 is 0 Å². The molecule has 0 amide bonds. The van der Waals surface area contributed by atoms with Gasteiger partial charge in [0.25, 0.3) is 0 Å². The third kappa shape index (κ3) is 5.94. The average molecular weight is 298 g/mol. The lowest BCUT2D eigenvalue weighted by Crippen LogP contribution is -2.30. The molecule has 1 aromatic heterocycles. The number of methoxy groups -OCH3 is 1. The molecule has 0 bridgehead atoms. The zero-order chi connectivity index (χ0) is 16.6. The molecule has 0 aliphatic carbocycles. The van der Waals surface area contributed by atoms with Gasteiger partial charge in [-0.1, -0.05) is 25.8 Å². The second-order valence-corrected chi connectivity index (χ2v) is 6.37. The summed E-state index contributed by atoms with van der Waals surface area (Å²) >= 11 is 0. The topological polar surface area (TPSA) is 39.4 Å². The smallest absolute Gasteiger partial charge is 0.311 e. The third-order valence-corrected chi connectivity index (χ3v) is 3.09. The quantitative estimate of drug-likeness (QED) is 0.627. The van der Waals surface area contributed by atoms with Gasteiger partial charge in [0.15, 0.2) is 5.76 Å². The minimum atomic E-state index is -0.533. The first-order chi connectivity index (χ1) is 10.3. The number of ether oxygens (including phenoxy) is 1. The maximum Gasteiger partial charge on any atom is 0.311 e. The predicted molar refractivity (Wildman–Crippen MR) is 86.7 cm³/mol.